The van der Waals surface area contributed by atoms with Crippen LogP contribution in [-0.4, -0.2) is 31.4 Å². The highest BCUT2D eigenvalue weighted by Crippen LogP contribution is 2.29. The minimum Gasteiger partial charge on any atom is -0.391 e. The summed E-state index contributed by atoms with van der Waals surface area (Å²) in [5, 5.41) is 10.9. The Morgan fingerprint density at radius 1 is 1.44 bits per heavy atom. The first-order valence-corrected chi connectivity index (χ1v) is 8.51. The molecule has 4 nitrogen and oxygen atoms in total. The molecular weight excluding hydrogens is 270 g/mol. The SMILES string of the molecule is CN(CC1CCCC1)S(=O)(=O)c1ccsc1CO. The maximum Gasteiger partial charge on any atom is 0.244 e. The minimum absolute atomic E-state index is 0.219. The van der Waals surface area contributed by atoms with Crippen LogP contribution in [0.2, 0.25) is 0 Å². The van der Waals surface area contributed by atoms with Crippen LogP contribution >= 0.6 is 11.3 Å². The molecule has 1 heterocycles. The van der Waals surface area contributed by atoms with Gasteiger partial charge in [-0.25, -0.2) is 12.7 Å². The molecule has 1 aliphatic carbocycles. The average Bonchev–Trinajstić information content (AvgIpc) is 2.98. The van der Waals surface area contributed by atoms with Gasteiger partial charge in [-0.1, -0.05) is 12.8 Å². The fraction of sp³-hybridized carbons (Fsp3) is 0.667. The summed E-state index contributed by atoms with van der Waals surface area (Å²) >= 11 is 1.28. The Morgan fingerprint density at radius 2 is 2.11 bits per heavy atom. The zero-order valence-electron chi connectivity index (χ0n) is 10.5. The van der Waals surface area contributed by atoms with Gasteiger partial charge in [-0.2, -0.15) is 0 Å². The van der Waals surface area contributed by atoms with Crippen molar-refractivity contribution in [2.75, 3.05) is 13.6 Å². The normalized spacial score (nSPS) is 17.7. The summed E-state index contributed by atoms with van der Waals surface area (Å²) in [6.07, 6.45) is 4.66. The Balaban J connectivity index is 2.14. The van der Waals surface area contributed by atoms with Gasteiger partial charge in [0.15, 0.2) is 0 Å². The average molecular weight is 289 g/mol. The first-order valence-electron chi connectivity index (χ1n) is 6.19. The van der Waals surface area contributed by atoms with E-state index < -0.39 is 10.0 Å². The summed E-state index contributed by atoms with van der Waals surface area (Å²) in [4.78, 5) is 0.781. The van der Waals surface area contributed by atoms with Gasteiger partial charge in [0.1, 0.15) is 0 Å². The second-order valence-electron chi connectivity index (χ2n) is 4.80. The number of rotatable bonds is 5. The number of sulfonamides is 1. The smallest absolute Gasteiger partial charge is 0.244 e. The van der Waals surface area contributed by atoms with Crippen molar-refractivity contribution >= 4 is 21.4 Å². The molecular formula is C12H19NO3S2. The highest BCUT2D eigenvalue weighted by molar-refractivity contribution is 7.89. The Hall–Kier alpha value is -0.430. The molecule has 2 rings (SSSR count). The van der Waals surface area contributed by atoms with Crippen molar-refractivity contribution in [3.05, 3.63) is 16.3 Å². The van der Waals surface area contributed by atoms with E-state index in [1.165, 1.54) is 28.5 Å². The third-order valence-electron chi connectivity index (χ3n) is 3.53. The Bertz CT molecular complexity index is 489. The second-order valence-corrected chi connectivity index (χ2v) is 7.82. The zero-order valence-corrected chi connectivity index (χ0v) is 12.1. The van der Waals surface area contributed by atoms with E-state index in [9.17, 15) is 8.42 Å². The molecule has 0 bridgehead atoms. The predicted octanol–water partition coefficient (Wildman–Crippen LogP) is 2.05. The van der Waals surface area contributed by atoms with Crippen LogP contribution in [0.25, 0.3) is 0 Å². The lowest BCUT2D eigenvalue weighted by Crippen LogP contribution is -2.31. The standard InChI is InChI=1S/C12H19NO3S2/c1-13(8-10-4-2-3-5-10)18(15,16)12-6-7-17-11(12)9-14/h6-7,10,14H,2-5,8-9H2,1H3. The van der Waals surface area contributed by atoms with Gasteiger partial charge < -0.3 is 5.11 Å². The van der Waals surface area contributed by atoms with Crippen molar-refractivity contribution in [1.29, 1.82) is 0 Å². The van der Waals surface area contributed by atoms with Crippen molar-refractivity contribution in [3.8, 4) is 0 Å². The molecule has 1 saturated carbocycles. The molecule has 0 atom stereocenters. The number of hydrogen-bond donors (Lipinski definition) is 1. The van der Waals surface area contributed by atoms with Crippen LogP contribution < -0.4 is 0 Å². The third-order valence-corrected chi connectivity index (χ3v) is 6.47. The van der Waals surface area contributed by atoms with Crippen LogP contribution in [0.3, 0.4) is 0 Å². The molecule has 0 spiro atoms. The molecule has 1 aliphatic rings. The maximum atomic E-state index is 12.4. The summed E-state index contributed by atoms with van der Waals surface area (Å²) < 4.78 is 26.2. The largest absolute Gasteiger partial charge is 0.391 e. The van der Waals surface area contributed by atoms with E-state index in [4.69, 9.17) is 5.11 Å². The van der Waals surface area contributed by atoms with Gasteiger partial charge in [-0.3, -0.25) is 0 Å². The van der Waals surface area contributed by atoms with Crippen LogP contribution in [0, 0.1) is 5.92 Å². The minimum atomic E-state index is -3.44. The molecule has 1 aromatic heterocycles. The summed E-state index contributed by atoms with van der Waals surface area (Å²) in [7, 11) is -1.81. The molecule has 0 unspecified atom stereocenters. The van der Waals surface area contributed by atoms with Crippen molar-refractivity contribution < 1.29 is 13.5 Å². The molecule has 0 radical (unpaired) electrons. The molecule has 18 heavy (non-hydrogen) atoms. The molecule has 0 amide bonds. The molecule has 0 aromatic carbocycles. The summed E-state index contributed by atoms with van der Waals surface area (Å²) in [5.41, 5.74) is 0. The van der Waals surface area contributed by atoms with Crippen LogP contribution in [0.4, 0.5) is 0 Å². The van der Waals surface area contributed by atoms with Crippen molar-refractivity contribution in [2.24, 2.45) is 5.92 Å². The number of aliphatic hydroxyl groups excluding tert-OH is 1. The Labute approximate surface area is 112 Å². The molecule has 6 heteroatoms. The number of aliphatic hydroxyl groups is 1. The number of thiophene rings is 1. The van der Waals surface area contributed by atoms with Crippen LogP contribution in [0.15, 0.2) is 16.3 Å². The fourth-order valence-electron chi connectivity index (χ4n) is 2.50. The van der Waals surface area contributed by atoms with Crippen LogP contribution in [-0.2, 0) is 16.6 Å². The van der Waals surface area contributed by atoms with E-state index in [1.54, 1.807) is 18.5 Å². The van der Waals surface area contributed by atoms with E-state index in [1.807, 2.05) is 0 Å². The highest BCUT2D eigenvalue weighted by Gasteiger charge is 2.27. The highest BCUT2D eigenvalue weighted by atomic mass is 32.2. The number of nitrogens with zero attached hydrogens (tertiary/aromatic N) is 1. The van der Waals surface area contributed by atoms with Crippen molar-refractivity contribution in [2.45, 2.75) is 37.2 Å². The molecule has 1 N–H and O–H groups in total. The predicted molar refractivity (Wildman–Crippen MR) is 72.0 cm³/mol. The second kappa shape index (κ2) is 5.69. The van der Waals surface area contributed by atoms with Gasteiger partial charge in [0, 0.05) is 18.5 Å². The van der Waals surface area contributed by atoms with Gasteiger partial charge in [0.05, 0.1) is 11.5 Å². The topological polar surface area (TPSA) is 57.6 Å². The quantitative estimate of drug-likeness (QED) is 0.902. The Kier molecular flexibility index (Phi) is 4.42. The Morgan fingerprint density at radius 3 is 2.72 bits per heavy atom. The molecule has 1 aromatic rings. The summed E-state index contributed by atoms with van der Waals surface area (Å²) in [6.45, 7) is 0.368. The monoisotopic (exact) mass is 289 g/mol. The van der Waals surface area contributed by atoms with E-state index in [0.29, 0.717) is 17.3 Å². The molecule has 0 aliphatic heterocycles. The van der Waals surface area contributed by atoms with Gasteiger partial charge in [-0.05, 0) is 30.2 Å². The van der Waals surface area contributed by atoms with Crippen molar-refractivity contribution in [3.63, 3.8) is 0 Å². The van der Waals surface area contributed by atoms with Gasteiger partial charge in [0.2, 0.25) is 10.0 Å². The van der Waals surface area contributed by atoms with E-state index in [0.717, 1.165) is 12.8 Å². The van der Waals surface area contributed by atoms with Gasteiger partial charge in [0.25, 0.3) is 0 Å². The first-order chi connectivity index (χ1) is 8.55. The third kappa shape index (κ3) is 2.77. The van der Waals surface area contributed by atoms with Gasteiger partial charge >= 0.3 is 0 Å². The lowest BCUT2D eigenvalue weighted by molar-refractivity contribution is 0.282. The summed E-state index contributed by atoms with van der Waals surface area (Å²) in [6, 6.07) is 1.58. The maximum absolute atomic E-state index is 12.4. The molecule has 1 fully saturated rings. The number of hydrogen-bond acceptors (Lipinski definition) is 4. The summed E-state index contributed by atoms with van der Waals surface area (Å²) in [5.74, 6) is 0.487. The fourth-order valence-corrected chi connectivity index (χ4v) is 5.01. The first kappa shape index (κ1) is 14.0. The lowest BCUT2D eigenvalue weighted by Gasteiger charge is -2.20. The van der Waals surface area contributed by atoms with E-state index in [-0.39, 0.29) is 11.5 Å². The lowest BCUT2D eigenvalue weighted by atomic mass is 10.1. The van der Waals surface area contributed by atoms with Gasteiger partial charge in [-0.15, -0.1) is 11.3 Å². The molecule has 0 saturated heterocycles. The van der Waals surface area contributed by atoms with E-state index >= 15 is 0 Å². The van der Waals surface area contributed by atoms with Crippen LogP contribution in [0.5, 0.6) is 0 Å². The van der Waals surface area contributed by atoms with Crippen LogP contribution in [0.1, 0.15) is 30.6 Å². The zero-order chi connectivity index (χ0) is 13.2. The van der Waals surface area contributed by atoms with Crippen molar-refractivity contribution in [1.82, 2.24) is 4.31 Å². The van der Waals surface area contributed by atoms with E-state index in [2.05, 4.69) is 0 Å². The molecule has 102 valence electrons.